The first kappa shape index (κ1) is 12.4. The van der Waals surface area contributed by atoms with Crippen LogP contribution in [0.5, 0.6) is 0 Å². The Morgan fingerprint density at radius 1 is 1.35 bits per heavy atom. The van der Waals surface area contributed by atoms with Gasteiger partial charge in [0.2, 0.25) is 0 Å². The van der Waals surface area contributed by atoms with E-state index < -0.39 is 0 Å². The number of nitrogens with two attached hydrogens (primary N) is 1. The van der Waals surface area contributed by atoms with Crippen LogP contribution in [-0.2, 0) is 6.54 Å². The molecule has 0 spiro atoms. The van der Waals surface area contributed by atoms with Gasteiger partial charge in [0, 0.05) is 17.6 Å². The first-order valence-electron chi connectivity index (χ1n) is 5.28. The summed E-state index contributed by atoms with van der Waals surface area (Å²) in [6.45, 7) is 2.58. The van der Waals surface area contributed by atoms with Gasteiger partial charge in [-0.25, -0.2) is 4.98 Å². The largest absolute Gasteiger partial charge is 0.326 e. The second-order valence-electron chi connectivity index (χ2n) is 3.71. The van der Waals surface area contributed by atoms with Crippen molar-refractivity contribution in [2.45, 2.75) is 23.4 Å². The summed E-state index contributed by atoms with van der Waals surface area (Å²) in [6.07, 6.45) is 1.74. The van der Waals surface area contributed by atoms with Crippen molar-refractivity contribution < 1.29 is 0 Å². The van der Waals surface area contributed by atoms with E-state index in [-0.39, 0.29) is 0 Å². The Morgan fingerprint density at radius 3 is 2.88 bits per heavy atom. The van der Waals surface area contributed by atoms with Gasteiger partial charge in [0.25, 0.3) is 0 Å². The molecule has 4 heteroatoms. The third-order valence-corrected chi connectivity index (χ3v) is 3.91. The van der Waals surface area contributed by atoms with Gasteiger partial charge < -0.3 is 5.73 Å². The van der Waals surface area contributed by atoms with Gasteiger partial charge in [-0.2, -0.15) is 0 Å². The zero-order chi connectivity index (χ0) is 12.3. The second-order valence-corrected chi connectivity index (χ2v) is 5.15. The molecule has 0 saturated heterocycles. The van der Waals surface area contributed by atoms with Gasteiger partial charge >= 0.3 is 0 Å². The van der Waals surface area contributed by atoms with Crippen molar-refractivity contribution in [3.63, 3.8) is 0 Å². The highest BCUT2D eigenvalue weighted by Gasteiger charge is 2.07. The maximum absolute atomic E-state index is 6.09. The Kier molecular flexibility index (Phi) is 4.05. The Morgan fingerprint density at radius 2 is 2.18 bits per heavy atom. The first-order chi connectivity index (χ1) is 8.20. The molecule has 0 bridgehead atoms. The van der Waals surface area contributed by atoms with Gasteiger partial charge in [0.1, 0.15) is 5.03 Å². The summed E-state index contributed by atoms with van der Waals surface area (Å²) in [5, 5.41) is 1.48. The molecule has 0 fully saturated rings. The molecule has 2 nitrogen and oxygen atoms in total. The molecular formula is C13H13ClN2S. The van der Waals surface area contributed by atoms with Crippen LogP contribution in [0.2, 0.25) is 5.02 Å². The predicted octanol–water partition coefficient (Wildman–Crippen LogP) is 3.65. The molecule has 0 aliphatic carbocycles. The van der Waals surface area contributed by atoms with Gasteiger partial charge in [-0.1, -0.05) is 35.5 Å². The van der Waals surface area contributed by atoms with Crippen molar-refractivity contribution in [3.8, 4) is 0 Å². The second kappa shape index (κ2) is 5.54. The highest BCUT2D eigenvalue weighted by atomic mass is 35.5. The van der Waals surface area contributed by atoms with Crippen LogP contribution in [0, 0.1) is 6.92 Å². The SMILES string of the molecule is Cc1ccc(CN)c(Sc2ncccc2Cl)c1. The average Bonchev–Trinajstić information content (AvgIpc) is 2.32. The fraction of sp³-hybridized carbons (Fsp3) is 0.154. The summed E-state index contributed by atoms with van der Waals surface area (Å²) in [5.41, 5.74) is 8.04. The molecule has 0 aliphatic heterocycles. The number of hydrogen-bond acceptors (Lipinski definition) is 3. The molecule has 88 valence electrons. The summed E-state index contributed by atoms with van der Waals surface area (Å²) in [6, 6.07) is 9.89. The van der Waals surface area contributed by atoms with Gasteiger partial charge in [-0.3, -0.25) is 0 Å². The third kappa shape index (κ3) is 3.00. The molecule has 1 heterocycles. The lowest BCUT2D eigenvalue weighted by Gasteiger charge is -2.08. The van der Waals surface area contributed by atoms with Crippen molar-refractivity contribution >= 4 is 23.4 Å². The minimum absolute atomic E-state index is 0.521. The van der Waals surface area contributed by atoms with Crippen LogP contribution >= 0.6 is 23.4 Å². The van der Waals surface area contributed by atoms with Crippen LogP contribution < -0.4 is 5.73 Å². The quantitative estimate of drug-likeness (QED) is 0.920. The number of aryl methyl sites for hydroxylation is 1. The van der Waals surface area contributed by atoms with Gasteiger partial charge in [-0.05, 0) is 36.2 Å². The van der Waals surface area contributed by atoms with Crippen LogP contribution in [0.15, 0.2) is 46.5 Å². The summed E-state index contributed by atoms with van der Waals surface area (Å²) >= 11 is 7.65. The van der Waals surface area contributed by atoms with Crippen molar-refractivity contribution in [1.82, 2.24) is 4.98 Å². The van der Waals surface area contributed by atoms with E-state index in [2.05, 4.69) is 30.1 Å². The molecular weight excluding hydrogens is 252 g/mol. The normalized spacial score (nSPS) is 10.5. The Labute approximate surface area is 110 Å². The molecule has 0 amide bonds. The Bertz CT molecular complexity index is 529. The summed E-state index contributed by atoms with van der Waals surface area (Å²) < 4.78 is 0. The van der Waals surface area contributed by atoms with Crippen LogP contribution in [-0.4, -0.2) is 4.98 Å². The lowest BCUT2D eigenvalue weighted by atomic mass is 10.1. The van der Waals surface area contributed by atoms with E-state index >= 15 is 0 Å². The molecule has 17 heavy (non-hydrogen) atoms. The zero-order valence-electron chi connectivity index (χ0n) is 9.48. The Balaban J connectivity index is 2.35. The highest BCUT2D eigenvalue weighted by Crippen LogP contribution is 2.33. The smallest absolute Gasteiger partial charge is 0.119 e. The average molecular weight is 265 g/mol. The van der Waals surface area contributed by atoms with E-state index in [0.717, 1.165) is 15.5 Å². The molecule has 0 saturated carbocycles. The molecule has 0 atom stereocenters. The standard InChI is InChI=1S/C13H13ClN2S/c1-9-4-5-10(8-15)12(7-9)17-13-11(14)3-2-6-16-13/h2-7H,8,15H2,1H3. The Hall–Kier alpha value is -1.03. The van der Waals surface area contributed by atoms with E-state index in [9.17, 15) is 0 Å². The van der Waals surface area contributed by atoms with E-state index in [1.165, 1.54) is 5.56 Å². The first-order valence-corrected chi connectivity index (χ1v) is 6.48. The van der Waals surface area contributed by atoms with E-state index in [1.54, 1.807) is 18.0 Å². The number of rotatable bonds is 3. The minimum Gasteiger partial charge on any atom is -0.326 e. The number of hydrogen-bond donors (Lipinski definition) is 1. The summed E-state index contributed by atoms with van der Waals surface area (Å²) in [4.78, 5) is 5.39. The molecule has 2 aromatic rings. The maximum Gasteiger partial charge on any atom is 0.119 e. The van der Waals surface area contributed by atoms with Crippen molar-refractivity contribution in [3.05, 3.63) is 52.7 Å². The summed E-state index contributed by atoms with van der Waals surface area (Å²) in [5.74, 6) is 0. The minimum atomic E-state index is 0.521. The van der Waals surface area contributed by atoms with Gasteiger partial charge in [0.05, 0.1) is 5.02 Å². The fourth-order valence-corrected chi connectivity index (χ4v) is 2.73. The van der Waals surface area contributed by atoms with Gasteiger partial charge in [-0.15, -0.1) is 0 Å². The fourth-order valence-electron chi connectivity index (χ4n) is 1.48. The third-order valence-electron chi connectivity index (χ3n) is 2.37. The zero-order valence-corrected chi connectivity index (χ0v) is 11.1. The van der Waals surface area contributed by atoms with E-state index in [0.29, 0.717) is 11.6 Å². The molecule has 2 rings (SSSR count). The maximum atomic E-state index is 6.09. The number of aromatic nitrogens is 1. The van der Waals surface area contributed by atoms with Crippen LogP contribution in [0.1, 0.15) is 11.1 Å². The monoisotopic (exact) mass is 264 g/mol. The van der Waals surface area contributed by atoms with Crippen molar-refractivity contribution in [2.24, 2.45) is 5.73 Å². The lowest BCUT2D eigenvalue weighted by Crippen LogP contribution is -1.98. The molecule has 0 unspecified atom stereocenters. The van der Waals surface area contributed by atoms with Crippen LogP contribution in [0.25, 0.3) is 0 Å². The van der Waals surface area contributed by atoms with Crippen LogP contribution in [0.3, 0.4) is 0 Å². The molecule has 2 N–H and O–H groups in total. The number of benzene rings is 1. The molecule has 0 aliphatic rings. The number of halogens is 1. The molecule has 1 aromatic carbocycles. The highest BCUT2D eigenvalue weighted by molar-refractivity contribution is 7.99. The van der Waals surface area contributed by atoms with E-state index in [4.69, 9.17) is 17.3 Å². The van der Waals surface area contributed by atoms with E-state index in [1.807, 2.05) is 12.1 Å². The van der Waals surface area contributed by atoms with Gasteiger partial charge in [0.15, 0.2) is 0 Å². The number of pyridine rings is 1. The lowest BCUT2D eigenvalue weighted by molar-refractivity contribution is 1.02. The van der Waals surface area contributed by atoms with Crippen molar-refractivity contribution in [1.29, 1.82) is 0 Å². The summed E-state index contributed by atoms with van der Waals surface area (Å²) in [7, 11) is 0. The topological polar surface area (TPSA) is 38.9 Å². The molecule has 1 aromatic heterocycles. The predicted molar refractivity (Wildman–Crippen MR) is 72.4 cm³/mol. The molecule has 0 radical (unpaired) electrons. The van der Waals surface area contributed by atoms with Crippen LogP contribution in [0.4, 0.5) is 0 Å². The van der Waals surface area contributed by atoms with Crippen molar-refractivity contribution in [2.75, 3.05) is 0 Å². The number of nitrogens with zero attached hydrogens (tertiary/aromatic N) is 1.